The molecule has 3 rings (SSSR count). The van der Waals surface area contributed by atoms with Gasteiger partial charge in [0.15, 0.2) is 5.69 Å². The number of hydrogen-bond donors (Lipinski definition) is 0. The Bertz CT molecular complexity index is 900. The Hall–Kier alpha value is -2.39. The molecule has 0 spiro atoms. The number of carbonyl (C=O) groups is 1. The van der Waals surface area contributed by atoms with Crippen molar-refractivity contribution in [1.82, 2.24) is 9.38 Å². The highest BCUT2D eigenvalue weighted by Crippen LogP contribution is 2.36. The quantitative estimate of drug-likeness (QED) is 0.764. The summed E-state index contributed by atoms with van der Waals surface area (Å²) in [5, 5.41) is 9.20. The summed E-state index contributed by atoms with van der Waals surface area (Å²) < 4.78 is 13.1. The van der Waals surface area contributed by atoms with Crippen LogP contribution in [0.15, 0.2) is 18.3 Å². The van der Waals surface area contributed by atoms with Crippen molar-refractivity contribution in [3.8, 4) is 6.07 Å². The van der Waals surface area contributed by atoms with E-state index in [2.05, 4.69) is 31.0 Å². The fraction of sp³-hybridized carbons (Fsp3) is 0.571. The van der Waals surface area contributed by atoms with Gasteiger partial charge >= 0.3 is 5.97 Å². The largest absolute Gasteiger partial charge is 0.455 e. The maximum absolute atomic E-state index is 12.6. The van der Waals surface area contributed by atoms with Crippen LogP contribution in [-0.4, -0.2) is 33.2 Å². The van der Waals surface area contributed by atoms with Crippen LogP contribution in [0.2, 0.25) is 0 Å². The number of nitrogens with zero attached hydrogens (tertiary/aromatic N) is 3. The van der Waals surface area contributed by atoms with E-state index in [0.717, 1.165) is 19.4 Å². The van der Waals surface area contributed by atoms with E-state index in [1.807, 2.05) is 37.4 Å². The van der Waals surface area contributed by atoms with Crippen molar-refractivity contribution in [3.63, 3.8) is 0 Å². The standard InChI is InChI=1S/C21H27N3O3/c1-20(2,3)27-19(25)18-16(6-9-22)24-10-7-14(12-17(24)23-18)15-8-11-26-21(4,5)13-15/h7,10,12,15H,6,8,11,13H2,1-5H3. The lowest BCUT2D eigenvalue weighted by molar-refractivity contribution is -0.0593. The fourth-order valence-electron chi connectivity index (χ4n) is 3.62. The first-order valence-electron chi connectivity index (χ1n) is 9.35. The summed E-state index contributed by atoms with van der Waals surface area (Å²) in [5.41, 5.74) is 1.89. The van der Waals surface area contributed by atoms with Crippen molar-refractivity contribution in [2.24, 2.45) is 0 Å². The van der Waals surface area contributed by atoms with Gasteiger partial charge in [0.2, 0.25) is 0 Å². The Kier molecular flexibility index (Phi) is 5.00. The Morgan fingerprint density at radius 2 is 2.22 bits per heavy atom. The number of ether oxygens (including phenoxy) is 2. The third-order valence-electron chi connectivity index (χ3n) is 4.76. The van der Waals surface area contributed by atoms with Gasteiger partial charge in [-0.3, -0.25) is 0 Å². The van der Waals surface area contributed by atoms with Crippen molar-refractivity contribution < 1.29 is 14.3 Å². The molecule has 1 aliphatic rings. The molecule has 1 unspecified atom stereocenters. The van der Waals surface area contributed by atoms with Gasteiger partial charge in [0.05, 0.1) is 23.8 Å². The lowest BCUT2D eigenvalue weighted by Crippen LogP contribution is -2.33. The molecule has 0 saturated carbocycles. The number of pyridine rings is 1. The SMILES string of the molecule is CC(C)(C)OC(=O)c1nc2cc(C3CCOC(C)(C)C3)ccn2c1CC#N. The van der Waals surface area contributed by atoms with Gasteiger partial charge in [0.1, 0.15) is 11.2 Å². The van der Waals surface area contributed by atoms with Crippen LogP contribution in [0.5, 0.6) is 0 Å². The topological polar surface area (TPSA) is 76.6 Å². The third kappa shape index (κ3) is 4.30. The zero-order valence-corrected chi connectivity index (χ0v) is 16.7. The molecule has 2 aromatic rings. The number of nitriles is 1. The Balaban J connectivity index is 2.00. The van der Waals surface area contributed by atoms with Crippen molar-refractivity contribution in [3.05, 3.63) is 35.3 Å². The van der Waals surface area contributed by atoms with Gasteiger partial charge in [-0.05, 0) is 71.1 Å². The van der Waals surface area contributed by atoms with Gasteiger partial charge in [-0.15, -0.1) is 0 Å². The molecule has 1 aliphatic heterocycles. The maximum Gasteiger partial charge on any atom is 0.359 e. The smallest absolute Gasteiger partial charge is 0.359 e. The average molecular weight is 369 g/mol. The summed E-state index contributed by atoms with van der Waals surface area (Å²) in [6, 6.07) is 6.19. The van der Waals surface area contributed by atoms with Crippen LogP contribution in [0.1, 0.15) is 75.1 Å². The van der Waals surface area contributed by atoms with E-state index in [4.69, 9.17) is 9.47 Å². The van der Waals surface area contributed by atoms with Gasteiger partial charge in [0.25, 0.3) is 0 Å². The second kappa shape index (κ2) is 6.97. The molecule has 0 N–H and O–H groups in total. The monoisotopic (exact) mass is 369 g/mol. The first kappa shape index (κ1) is 19.4. The molecule has 1 atom stereocenters. The van der Waals surface area contributed by atoms with E-state index in [9.17, 15) is 10.1 Å². The molecule has 0 radical (unpaired) electrons. The maximum atomic E-state index is 12.6. The van der Waals surface area contributed by atoms with Crippen LogP contribution in [0.3, 0.4) is 0 Å². The van der Waals surface area contributed by atoms with Gasteiger partial charge in [-0.25, -0.2) is 9.78 Å². The summed E-state index contributed by atoms with van der Waals surface area (Å²) >= 11 is 0. The van der Waals surface area contributed by atoms with Crippen LogP contribution in [0, 0.1) is 11.3 Å². The first-order valence-corrected chi connectivity index (χ1v) is 9.35. The Morgan fingerprint density at radius 3 is 2.85 bits per heavy atom. The number of fused-ring (bicyclic) bond motifs is 1. The van der Waals surface area contributed by atoms with Crippen LogP contribution in [0.25, 0.3) is 5.65 Å². The molecular weight excluding hydrogens is 342 g/mol. The lowest BCUT2D eigenvalue weighted by atomic mass is 9.84. The molecule has 1 fully saturated rings. The molecule has 1 saturated heterocycles. The predicted octanol–water partition coefficient (Wildman–Crippen LogP) is 4.03. The summed E-state index contributed by atoms with van der Waals surface area (Å²) in [6.45, 7) is 10.4. The number of aromatic nitrogens is 2. The predicted molar refractivity (Wildman–Crippen MR) is 102 cm³/mol. The summed E-state index contributed by atoms with van der Waals surface area (Å²) in [5.74, 6) is -0.106. The average Bonchev–Trinajstić information content (AvgIpc) is 2.91. The van der Waals surface area contributed by atoms with Crippen molar-refractivity contribution in [1.29, 1.82) is 5.26 Å². The molecule has 0 aromatic carbocycles. The number of imidazole rings is 1. The lowest BCUT2D eigenvalue weighted by Gasteiger charge is -2.35. The van der Waals surface area contributed by atoms with Gasteiger partial charge in [-0.2, -0.15) is 5.26 Å². The van der Waals surface area contributed by atoms with E-state index < -0.39 is 11.6 Å². The highest BCUT2D eigenvalue weighted by atomic mass is 16.6. The molecule has 3 heterocycles. The molecule has 6 heteroatoms. The number of carbonyl (C=O) groups excluding carboxylic acids is 1. The zero-order chi connectivity index (χ0) is 19.8. The van der Waals surface area contributed by atoms with Gasteiger partial charge < -0.3 is 13.9 Å². The minimum absolute atomic E-state index is 0.0966. The minimum atomic E-state index is -0.615. The summed E-state index contributed by atoms with van der Waals surface area (Å²) in [6.07, 6.45) is 3.90. The highest BCUT2D eigenvalue weighted by Gasteiger charge is 2.30. The van der Waals surface area contributed by atoms with Crippen molar-refractivity contribution in [2.45, 2.75) is 71.0 Å². The molecule has 0 amide bonds. The van der Waals surface area contributed by atoms with Crippen LogP contribution in [0.4, 0.5) is 0 Å². The molecular formula is C21H27N3O3. The second-order valence-corrected chi connectivity index (χ2v) is 8.73. The first-order chi connectivity index (χ1) is 12.6. The molecule has 6 nitrogen and oxygen atoms in total. The van der Waals surface area contributed by atoms with E-state index >= 15 is 0 Å². The fourth-order valence-corrected chi connectivity index (χ4v) is 3.62. The zero-order valence-electron chi connectivity index (χ0n) is 16.7. The van der Waals surface area contributed by atoms with Crippen LogP contribution in [-0.2, 0) is 15.9 Å². The van der Waals surface area contributed by atoms with E-state index in [-0.39, 0.29) is 17.7 Å². The van der Waals surface area contributed by atoms with Crippen molar-refractivity contribution >= 4 is 11.6 Å². The highest BCUT2D eigenvalue weighted by molar-refractivity contribution is 5.90. The molecule has 0 aliphatic carbocycles. The molecule has 27 heavy (non-hydrogen) atoms. The van der Waals surface area contributed by atoms with Crippen LogP contribution < -0.4 is 0 Å². The number of hydrogen-bond acceptors (Lipinski definition) is 5. The van der Waals surface area contributed by atoms with Crippen LogP contribution >= 0.6 is 0 Å². The summed E-state index contributed by atoms with van der Waals surface area (Å²) in [7, 11) is 0. The Labute approximate surface area is 160 Å². The molecule has 144 valence electrons. The van der Waals surface area contributed by atoms with Gasteiger partial charge in [0, 0.05) is 12.8 Å². The summed E-state index contributed by atoms with van der Waals surface area (Å²) in [4.78, 5) is 17.1. The number of esters is 1. The van der Waals surface area contributed by atoms with Gasteiger partial charge in [-0.1, -0.05) is 0 Å². The van der Waals surface area contributed by atoms with E-state index in [1.54, 1.807) is 0 Å². The number of rotatable bonds is 3. The second-order valence-electron chi connectivity index (χ2n) is 8.73. The van der Waals surface area contributed by atoms with E-state index in [1.165, 1.54) is 5.56 Å². The van der Waals surface area contributed by atoms with Crippen molar-refractivity contribution in [2.75, 3.05) is 6.61 Å². The normalized spacial score (nSPS) is 19.6. The Morgan fingerprint density at radius 1 is 1.48 bits per heavy atom. The molecule has 2 aromatic heterocycles. The minimum Gasteiger partial charge on any atom is -0.455 e. The van der Waals surface area contributed by atoms with E-state index in [0.29, 0.717) is 17.3 Å². The third-order valence-corrected chi connectivity index (χ3v) is 4.76. The molecule has 0 bridgehead atoms.